The Morgan fingerprint density at radius 3 is 2.73 bits per heavy atom. The predicted molar refractivity (Wildman–Crippen MR) is 95.3 cm³/mol. The van der Waals surface area contributed by atoms with E-state index in [1.165, 1.54) is 25.1 Å². The quantitative estimate of drug-likeness (QED) is 0.334. The lowest BCUT2D eigenvalue weighted by molar-refractivity contribution is -0.137. The molecule has 9 heteroatoms. The average Bonchev–Trinajstić information content (AvgIpc) is 3.43. The molecule has 0 bridgehead atoms. The second kappa shape index (κ2) is 10.2. The molecule has 1 aromatic heterocycles. The number of hydrogen-bond donors (Lipinski definition) is 3. The van der Waals surface area contributed by atoms with Crippen molar-refractivity contribution in [2.45, 2.75) is 25.4 Å². The van der Waals surface area contributed by atoms with Crippen molar-refractivity contribution in [1.29, 1.82) is 0 Å². The highest BCUT2D eigenvalue weighted by Gasteiger charge is 2.33. The molecule has 0 aliphatic heterocycles. The van der Waals surface area contributed by atoms with Gasteiger partial charge in [-0.25, -0.2) is 4.98 Å². The number of anilines is 1. The summed E-state index contributed by atoms with van der Waals surface area (Å²) in [5, 5.41) is 8.89. The van der Waals surface area contributed by atoms with E-state index in [9.17, 15) is 13.2 Å². The Hall–Kier alpha value is -2.03. The van der Waals surface area contributed by atoms with E-state index < -0.39 is 11.7 Å². The molecule has 1 aliphatic carbocycles. The molecule has 0 amide bonds. The lowest BCUT2D eigenvalue weighted by Gasteiger charge is -2.15. The van der Waals surface area contributed by atoms with Crippen LogP contribution in [0.3, 0.4) is 0 Å². The minimum absolute atomic E-state index is 0.169. The van der Waals surface area contributed by atoms with Gasteiger partial charge in [0.2, 0.25) is 0 Å². The summed E-state index contributed by atoms with van der Waals surface area (Å²) in [5.74, 6) is 1.20. The second-order valence-corrected chi connectivity index (χ2v) is 6.12. The average molecular weight is 373 g/mol. The first kappa shape index (κ1) is 20.3. The van der Waals surface area contributed by atoms with Crippen LogP contribution >= 0.6 is 0 Å². The molecule has 3 N–H and O–H groups in total. The zero-order valence-corrected chi connectivity index (χ0v) is 14.9. The number of guanidine groups is 1. The Balaban J connectivity index is 1.60. The van der Waals surface area contributed by atoms with E-state index in [-0.39, 0.29) is 12.4 Å². The molecule has 0 aromatic carbocycles. The highest BCUT2D eigenvalue weighted by Crippen LogP contribution is 2.33. The van der Waals surface area contributed by atoms with Gasteiger partial charge in [0.15, 0.2) is 5.96 Å². The van der Waals surface area contributed by atoms with Crippen molar-refractivity contribution in [1.82, 2.24) is 15.6 Å². The Labute approximate surface area is 151 Å². The van der Waals surface area contributed by atoms with Gasteiger partial charge in [-0.3, -0.25) is 4.99 Å². The van der Waals surface area contributed by atoms with Gasteiger partial charge in [-0.2, -0.15) is 13.2 Å². The minimum atomic E-state index is -4.43. The molecule has 1 aliphatic rings. The van der Waals surface area contributed by atoms with Crippen LogP contribution in [-0.2, 0) is 10.9 Å². The van der Waals surface area contributed by atoms with Crippen LogP contribution < -0.4 is 16.0 Å². The third-order valence-electron chi connectivity index (χ3n) is 3.85. The minimum Gasteiger partial charge on any atom is -0.381 e. The molecular formula is C17H26F3N5O. The number of nitrogens with one attached hydrogen (secondary N) is 3. The standard InChI is InChI=1S/C17H26F3N5O/c1-21-16(24-8-3-11-26-12-13-5-6-13)25-10-9-23-15-14(17(18,19)20)4-2-7-22-15/h2,4,7,13H,3,5-6,8-12H2,1H3,(H,22,23)(H2,21,24,25). The molecule has 1 saturated carbocycles. The van der Waals surface area contributed by atoms with Gasteiger partial charge in [0.05, 0.1) is 5.56 Å². The molecule has 146 valence electrons. The molecular weight excluding hydrogens is 347 g/mol. The van der Waals surface area contributed by atoms with Gasteiger partial charge in [0.25, 0.3) is 0 Å². The molecule has 1 heterocycles. The number of alkyl halides is 3. The number of halogens is 3. The molecule has 2 rings (SSSR count). The van der Waals surface area contributed by atoms with Crippen LogP contribution in [-0.4, -0.2) is 50.8 Å². The number of rotatable bonds is 10. The van der Waals surface area contributed by atoms with Crippen molar-refractivity contribution in [3.63, 3.8) is 0 Å². The predicted octanol–water partition coefficient (Wildman–Crippen LogP) is 2.49. The number of nitrogens with zero attached hydrogens (tertiary/aromatic N) is 2. The SMILES string of the molecule is CN=C(NCCCOCC1CC1)NCCNc1ncccc1C(F)(F)F. The molecule has 0 spiro atoms. The van der Waals surface area contributed by atoms with Gasteiger partial charge in [-0.1, -0.05) is 0 Å². The summed E-state index contributed by atoms with van der Waals surface area (Å²) in [4.78, 5) is 7.83. The molecule has 0 saturated heterocycles. The van der Waals surface area contributed by atoms with Crippen LogP contribution in [0.2, 0.25) is 0 Å². The van der Waals surface area contributed by atoms with Gasteiger partial charge in [-0.05, 0) is 37.3 Å². The van der Waals surface area contributed by atoms with E-state index in [2.05, 4.69) is 25.9 Å². The Morgan fingerprint density at radius 1 is 1.27 bits per heavy atom. The van der Waals surface area contributed by atoms with Crippen LogP contribution in [0, 0.1) is 5.92 Å². The van der Waals surface area contributed by atoms with Crippen LogP contribution in [0.25, 0.3) is 0 Å². The van der Waals surface area contributed by atoms with Crippen molar-refractivity contribution in [2.24, 2.45) is 10.9 Å². The van der Waals surface area contributed by atoms with Crippen molar-refractivity contribution >= 4 is 11.8 Å². The first-order valence-corrected chi connectivity index (χ1v) is 8.79. The second-order valence-electron chi connectivity index (χ2n) is 6.12. The van der Waals surface area contributed by atoms with E-state index in [0.717, 1.165) is 31.6 Å². The molecule has 0 atom stereocenters. The Kier molecular flexibility index (Phi) is 7.96. The largest absolute Gasteiger partial charge is 0.419 e. The summed E-state index contributed by atoms with van der Waals surface area (Å²) in [6.45, 7) is 2.97. The molecule has 1 aromatic rings. The van der Waals surface area contributed by atoms with E-state index in [0.29, 0.717) is 19.1 Å². The summed E-state index contributed by atoms with van der Waals surface area (Å²) in [6, 6.07) is 2.28. The maximum Gasteiger partial charge on any atom is 0.419 e. The van der Waals surface area contributed by atoms with E-state index in [1.54, 1.807) is 7.05 Å². The molecule has 1 fully saturated rings. The van der Waals surface area contributed by atoms with Crippen LogP contribution in [0.5, 0.6) is 0 Å². The number of pyridine rings is 1. The monoisotopic (exact) mass is 373 g/mol. The molecule has 26 heavy (non-hydrogen) atoms. The van der Waals surface area contributed by atoms with Crippen LogP contribution in [0.4, 0.5) is 19.0 Å². The zero-order chi connectivity index (χ0) is 18.8. The highest BCUT2D eigenvalue weighted by molar-refractivity contribution is 5.79. The Bertz CT molecular complexity index is 576. The third kappa shape index (κ3) is 7.47. The third-order valence-corrected chi connectivity index (χ3v) is 3.85. The zero-order valence-electron chi connectivity index (χ0n) is 14.9. The maximum atomic E-state index is 12.9. The molecule has 0 radical (unpaired) electrons. The van der Waals surface area contributed by atoms with Crippen LogP contribution in [0.1, 0.15) is 24.8 Å². The lowest BCUT2D eigenvalue weighted by atomic mass is 10.2. The van der Waals surface area contributed by atoms with Gasteiger partial charge in [0.1, 0.15) is 5.82 Å². The topological polar surface area (TPSA) is 70.6 Å². The molecule has 6 nitrogen and oxygen atoms in total. The summed E-state index contributed by atoms with van der Waals surface area (Å²) in [7, 11) is 1.65. The fourth-order valence-corrected chi connectivity index (χ4v) is 2.27. The van der Waals surface area contributed by atoms with Crippen molar-refractivity contribution < 1.29 is 17.9 Å². The van der Waals surface area contributed by atoms with E-state index in [4.69, 9.17) is 4.74 Å². The van der Waals surface area contributed by atoms with Gasteiger partial charge < -0.3 is 20.7 Å². The van der Waals surface area contributed by atoms with E-state index >= 15 is 0 Å². The summed E-state index contributed by atoms with van der Waals surface area (Å²) in [5.41, 5.74) is -0.770. The van der Waals surface area contributed by atoms with Gasteiger partial charge >= 0.3 is 6.18 Å². The highest BCUT2D eigenvalue weighted by atomic mass is 19.4. The van der Waals surface area contributed by atoms with Crippen molar-refractivity contribution in [3.05, 3.63) is 23.9 Å². The number of hydrogen-bond acceptors (Lipinski definition) is 4. The Morgan fingerprint density at radius 2 is 2.04 bits per heavy atom. The summed E-state index contributed by atoms with van der Waals surface area (Å²) >= 11 is 0. The molecule has 0 unspecified atom stereocenters. The fraction of sp³-hybridized carbons (Fsp3) is 0.647. The fourth-order valence-electron chi connectivity index (χ4n) is 2.27. The van der Waals surface area contributed by atoms with Crippen LogP contribution in [0.15, 0.2) is 23.3 Å². The number of ether oxygens (including phenoxy) is 1. The smallest absolute Gasteiger partial charge is 0.381 e. The normalized spacial score (nSPS) is 15.0. The van der Waals surface area contributed by atoms with Gasteiger partial charge in [-0.15, -0.1) is 0 Å². The number of aromatic nitrogens is 1. The van der Waals surface area contributed by atoms with Crippen molar-refractivity contribution in [2.75, 3.05) is 45.2 Å². The van der Waals surface area contributed by atoms with Crippen molar-refractivity contribution in [3.8, 4) is 0 Å². The summed E-state index contributed by atoms with van der Waals surface area (Å²) < 4.78 is 44.2. The maximum absolute atomic E-state index is 12.9. The first-order chi connectivity index (χ1) is 12.5. The number of aliphatic imine (C=N–C) groups is 1. The lowest BCUT2D eigenvalue weighted by Crippen LogP contribution is -2.40. The van der Waals surface area contributed by atoms with E-state index in [1.807, 2.05) is 0 Å². The van der Waals surface area contributed by atoms with Gasteiger partial charge in [0, 0.05) is 46.1 Å². The first-order valence-electron chi connectivity index (χ1n) is 8.79. The summed E-state index contributed by atoms with van der Waals surface area (Å²) in [6.07, 6.45) is 0.339.